The van der Waals surface area contributed by atoms with Crippen molar-refractivity contribution in [3.05, 3.63) is 46.5 Å². The fourth-order valence-corrected chi connectivity index (χ4v) is 8.29. The molecule has 2 saturated carbocycles. The molecule has 3 aliphatic carbocycles. The molecule has 2 aromatic rings. The van der Waals surface area contributed by atoms with E-state index in [1.165, 1.54) is 23.1 Å². The first-order valence-electron chi connectivity index (χ1n) is 14.4. The van der Waals surface area contributed by atoms with E-state index in [1.54, 1.807) is 7.11 Å². The van der Waals surface area contributed by atoms with Crippen molar-refractivity contribution in [3.63, 3.8) is 0 Å². The van der Waals surface area contributed by atoms with Gasteiger partial charge in [0.25, 0.3) is 0 Å². The van der Waals surface area contributed by atoms with Crippen LogP contribution in [-0.4, -0.2) is 44.8 Å². The first kappa shape index (κ1) is 24.8. The molecule has 39 heavy (non-hydrogen) atoms. The van der Waals surface area contributed by atoms with Gasteiger partial charge in [0.15, 0.2) is 11.5 Å². The van der Waals surface area contributed by atoms with Crippen molar-refractivity contribution >= 4 is 5.78 Å². The van der Waals surface area contributed by atoms with E-state index in [0.717, 1.165) is 67.9 Å². The van der Waals surface area contributed by atoms with Crippen LogP contribution in [0.5, 0.6) is 23.0 Å². The van der Waals surface area contributed by atoms with Crippen LogP contribution in [0, 0.1) is 29.1 Å². The van der Waals surface area contributed by atoms with Crippen LogP contribution >= 0.6 is 0 Å². The number of rotatable bonds is 3. The number of ketones is 1. The molecule has 0 bridgehead atoms. The Balaban J connectivity index is 1.06. The summed E-state index contributed by atoms with van der Waals surface area (Å²) in [4.78, 5) is 14.9. The summed E-state index contributed by atoms with van der Waals surface area (Å²) in [5.41, 5.74) is 5.10. The van der Waals surface area contributed by atoms with E-state index >= 15 is 0 Å². The third-order valence-corrected chi connectivity index (χ3v) is 10.4. The molecule has 6 heteroatoms. The lowest BCUT2D eigenvalue weighted by atomic mass is 9.55. The molecule has 2 aromatic carbocycles. The Morgan fingerprint density at radius 3 is 2.87 bits per heavy atom. The lowest BCUT2D eigenvalue weighted by Gasteiger charge is -2.48. The summed E-state index contributed by atoms with van der Waals surface area (Å²) >= 11 is 0. The molecule has 0 unspecified atom stereocenters. The predicted molar refractivity (Wildman–Crippen MR) is 148 cm³/mol. The number of aryl methyl sites for hydroxylation is 1. The Labute approximate surface area is 230 Å². The molecule has 0 radical (unpaired) electrons. The Bertz CT molecular complexity index is 1390. The predicted octanol–water partition coefficient (Wildman–Crippen LogP) is 5.46. The maximum Gasteiger partial charge on any atom is 0.231 e. The molecule has 5 aliphatic rings. The van der Waals surface area contributed by atoms with Gasteiger partial charge in [0.1, 0.15) is 24.2 Å². The van der Waals surface area contributed by atoms with Crippen LogP contribution in [0.4, 0.5) is 0 Å². The van der Waals surface area contributed by atoms with Gasteiger partial charge in [-0.25, -0.2) is 0 Å². The van der Waals surface area contributed by atoms with E-state index in [4.69, 9.17) is 18.9 Å². The van der Waals surface area contributed by atoms with E-state index in [2.05, 4.69) is 55.0 Å². The van der Waals surface area contributed by atoms with E-state index in [1.807, 2.05) is 0 Å². The molecule has 0 amide bonds. The summed E-state index contributed by atoms with van der Waals surface area (Å²) in [7, 11) is 3.77. The van der Waals surface area contributed by atoms with Crippen molar-refractivity contribution in [2.24, 2.45) is 17.3 Å². The van der Waals surface area contributed by atoms with Gasteiger partial charge in [-0.3, -0.25) is 9.69 Å². The summed E-state index contributed by atoms with van der Waals surface area (Å²) in [6.45, 7) is 3.71. The summed E-state index contributed by atoms with van der Waals surface area (Å²) in [5, 5.41) is 0. The highest BCUT2D eigenvalue weighted by molar-refractivity contribution is 5.87. The van der Waals surface area contributed by atoms with Crippen molar-refractivity contribution in [1.82, 2.24) is 4.90 Å². The Kier molecular flexibility index (Phi) is 6.04. The molecule has 0 saturated heterocycles. The number of methoxy groups -OCH3 is 1. The number of likely N-dealkylation sites (N-methyl/N-ethyl adjacent to an activating group) is 1. The summed E-state index contributed by atoms with van der Waals surface area (Å²) in [6, 6.07) is 8.61. The minimum atomic E-state index is -0.0956. The zero-order chi connectivity index (χ0) is 26.7. The molecular weight excluding hydrogens is 490 g/mol. The van der Waals surface area contributed by atoms with Crippen LogP contribution in [-0.2, 0) is 17.6 Å². The summed E-state index contributed by atoms with van der Waals surface area (Å²) in [5.74, 6) is 12.1. The van der Waals surface area contributed by atoms with Crippen LogP contribution in [0.2, 0.25) is 0 Å². The van der Waals surface area contributed by atoms with Crippen molar-refractivity contribution in [2.75, 3.05) is 34.1 Å². The second kappa shape index (κ2) is 9.48. The van der Waals surface area contributed by atoms with Gasteiger partial charge in [-0.05, 0) is 98.2 Å². The fourth-order valence-electron chi connectivity index (χ4n) is 8.29. The lowest BCUT2D eigenvalue weighted by Crippen LogP contribution is -2.42. The highest BCUT2D eigenvalue weighted by atomic mass is 16.7. The van der Waals surface area contributed by atoms with Crippen LogP contribution < -0.4 is 18.9 Å². The van der Waals surface area contributed by atoms with E-state index in [-0.39, 0.29) is 18.2 Å². The Morgan fingerprint density at radius 2 is 2.00 bits per heavy atom. The number of hydrogen-bond acceptors (Lipinski definition) is 6. The molecule has 7 rings (SSSR count). The zero-order valence-corrected chi connectivity index (χ0v) is 23.2. The number of fused-ring (bicyclic) bond motifs is 7. The van der Waals surface area contributed by atoms with Gasteiger partial charge in [-0.2, -0.15) is 0 Å². The molecule has 6 nitrogen and oxygen atoms in total. The highest BCUT2D eigenvalue weighted by Crippen LogP contribution is 2.59. The van der Waals surface area contributed by atoms with Gasteiger partial charge >= 0.3 is 0 Å². The van der Waals surface area contributed by atoms with Crippen molar-refractivity contribution < 1.29 is 23.7 Å². The number of Topliss-reactive ketones (excluding diaryl/α,β-unsaturated/α-hetero) is 1. The van der Waals surface area contributed by atoms with E-state index in [9.17, 15) is 4.79 Å². The fraction of sp³-hybridized carbons (Fsp3) is 0.545. The Hall–Kier alpha value is -3.17. The van der Waals surface area contributed by atoms with Gasteiger partial charge in [-0.1, -0.05) is 24.8 Å². The lowest BCUT2D eigenvalue weighted by molar-refractivity contribution is -0.129. The molecule has 0 N–H and O–H groups in total. The first-order chi connectivity index (χ1) is 19.0. The summed E-state index contributed by atoms with van der Waals surface area (Å²) < 4.78 is 23.3. The first-order valence-corrected chi connectivity index (χ1v) is 14.4. The third kappa shape index (κ3) is 3.92. The van der Waals surface area contributed by atoms with Gasteiger partial charge in [0.2, 0.25) is 12.5 Å². The number of hydrogen-bond donors (Lipinski definition) is 0. The van der Waals surface area contributed by atoms with Crippen LogP contribution in [0.15, 0.2) is 24.3 Å². The average Bonchev–Trinajstić information content (AvgIpc) is 3.54. The smallest absolute Gasteiger partial charge is 0.231 e. The monoisotopic (exact) mass is 527 g/mol. The third-order valence-electron chi connectivity index (χ3n) is 10.4. The number of nitrogens with zero attached hydrogens (tertiary/aromatic N) is 1. The van der Waals surface area contributed by atoms with E-state index < -0.39 is 0 Å². The van der Waals surface area contributed by atoms with Crippen LogP contribution in [0.3, 0.4) is 0 Å². The maximum absolute atomic E-state index is 12.6. The molecule has 5 atom stereocenters. The minimum Gasteiger partial charge on any atom is -0.492 e. The molecular formula is C33H37NO5. The van der Waals surface area contributed by atoms with Crippen molar-refractivity contribution in [1.29, 1.82) is 0 Å². The van der Waals surface area contributed by atoms with Crippen molar-refractivity contribution in [2.45, 2.75) is 63.8 Å². The number of ether oxygens (including phenoxy) is 4. The van der Waals surface area contributed by atoms with E-state index in [0.29, 0.717) is 35.9 Å². The summed E-state index contributed by atoms with van der Waals surface area (Å²) in [6.07, 6.45) is 7.20. The molecule has 204 valence electrons. The molecule has 2 heterocycles. The average molecular weight is 528 g/mol. The van der Waals surface area contributed by atoms with Gasteiger partial charge in [0, 0.05) is 23.9 Å². The second-order valence-electron chi connectivity index (χ2n) is 12.2. The molecule has 2 fully saturated rings. The van der Waals surface area contributed by atoms with Gasteiger partial charge in [-0.15, -0.1) is 0 Å². The maximum atomic E-state index is 12.6. The van der Waals surface area contributed by atoms with Gasteiger partial charge in [0.05, 0.1) is 7.11 Å². The second-order valence-corrected chi connectivity index (χ2v) is 12.2. The molecule has 2 aliphatic heterocycles. The number of benzene rings is 2. The normalized spacial score (nSPS) is 30.4. The quantitative estimate of drug-likeness (QED) is 0.494. The number of carbonyl (C=O) groups is 1. The van der Waals surface area contributed by atoms with Crippen LogP contribution in [0.25, 0.3) is 0 Å². The largest absolute Gasteiger partial charge is 0.492 e. The standard InChI is InChI=1S/C33H37NO5/c1-33-14-12-24-23-9-7-22(17-20(23)6-8-25(24)26(33)10-11-29(33)35)37-16-4-5-27-30-21(13-15-34(27)2)18-28-31(32(30)36-3)39-19-38-28/h7,9,17-18,24-27H,6,8,10-16,19H2,1-3H3/t24-,25-,26-,27-,33-/m0/s1. The zero-order valence-electron chi connectivity index (χ0n) is 23.2. The topological polar surface area (TPSA) is 57.2 Å². The molecule has 0 aromatic heterocycles. The van der Waals surface area contributed by atoms with Gasteiger partial charge < -0.3 is 18.9 Å². The minimum absolute atomic E-state index is 0.0713. The Morgan fingerprint density at radius 1 is 1.10 bits per heavy atom. The number of carbonyl (C=O) groups excluding carboxylic acids is 1. The molecule has 0 spiro atoms. The van der Waals surface area contributed by atoms with Crippen molar-refractivity contribution in [3.8, 4) is 34.8 Å². The SMILES string of the molecule is COc1c2c(cc3c1[C@H](C#CCOc1ccc4c(c1)CC[C@H]1[C@H]4CC[C@]4(C)C(=O)CC[C@@H]14)N(C)CC3)OCO2. The highest BCUT2D eigenvalue weighted by Gasteiger charge is 2.54. The van der Waals surface area contributed by atoms with Crippen LogP contribution in [0.1, 0.15) is 73.2 Å².